The zero-order valence-corrected chi connectivity index (χ0v) is 8.45. The SMILES string of the molecule is O=C(CCO)N(I)C1CCC1. The van der Waals surface area contributed by atoms with Crippen LogP contribution in [-0.2, 0) is 4.79 Å². The number of hydrogen-bond donors (Lipinski definition) is 1. The summed E-state index contributed by atoms with van der Waals surface area (Å²) < 4.78 is 1.73. The topological polar surface area (TPSA) is 40.5 Å². The third kappa shape index (κ3) is 2.30. The molecular formula is C7H12INO2. The molecule has 0 bridgehead atoms. The number of rotatable bonds is 3. The second-order valence-electron chi connectivity index (χ2n) is 2.76. The van der Waals surface area contributed by atoms with E-state index in [9.17, 15) is 4.79 Å². The second-order valence-corrected chi connectivity index (χ2v) is 3.80. The van der Waals surface area contributed by atoms with E-state index in [0.717, 1.165) is 12.8 Å². The molecule has 1 aliphatic carbocycles. The highest BCUT2D eigenvalue weighted by molar-refractivity contribution is 14.1. The van der Waals surface area contributed by atoms with Gasteiger partial charge in [-0.3, -0.25) is 7.91 Å². The fourth-order valence-electron chi connectivity index (χ4n) is 1.02. The fraction of sp³-hybridized carbons (Fsp3) is 0.857. The number of aliphatic hydroxyl groups excluding tert-OH is 1. The van der Waals surface area contributed by atoms with E-state index in [1.54, 1.807) is 3.11 Å². The molecule has 0 aromatic heterocycles. The van der Waals surface area contributed by atoms with Crippen LogP contribution in [0.4, 0.5) is 0 Å². The maximum atomic E-state index is 11.1. The Hall–Kier alpha value is 0.160. The number of nitrogens with zero attached hydrogens (tertiary/aromatic N) is 1. The summed E-state index contributed by atoms with van der Waals surface area (Å²) in [6, 6.07) is 0.439. The average Bonchev–Trinajstić information content (AvgIpc) is 1.84. The first-order valence-electron chi connectivity index (χ1n) is 3.84. The number of aliphatic hydroxyl groups is 1. The highest BCUT2D eigenvalue weighted by atomic mass is 127. The zero-order valence-electron chi connectivity index (χ0n) is 6.29. The Morgan fingerprint density at radius 2 is 2.27 bits per heavy atom. The van der Waals surface area contributed by atoms with Crippen molar-refractivity contribution in [2.75, 3.05) is 6.61 Å². The van der Waals surface area contributed by atoms with Gasteiger partial charge in [0.1, 0.15) is 0 Å². The number of carbonyl (C=O) groups is 1. The molecule has 0 atom stereocenters. The van der Waals surface area contributed by atoms with E-state index in [1.807, 2.05) is 22.9 Å². The summed E-state index contributed by atoms with van der Waals surface area (Å²) in [7, 11) is 0. The largest absolute Gasteiger partial charge is 0.396 e. The monoisotopic (exact) mass is 269 g/mol. The quantitative estimate of drug-likeness (QED) is 0.615. The highest BCUT2D eigenvalue weighted by Gasteiger charge is 2.26. The summed E-state index contributed by atoms with van der Waals surface area (Å²) in [6.07, 6.45) is 3.75. The minimum atomic E-state index is -0.0367. The van der Waals surface area contributed by atoms with E-state index in [4.69, 9.17) is 5.11 Å². The van der Waals surface area contributed by atoms with Crippen LogP contribution in [0.25, 0.3) is 0 Å². The maximum absolute atomic E-state index is 11.1. The molecule has 0 radical (unpaired) electrons. The van der Waals surface area contributed by atoms with Gasteiger partial charge in [-0.1, -0.05) is 0 Å². The van der Waals surface area contributed by atoms with Gasteiger partial charge in [-0.15, -0.1) is 0 Å². The Bertz CT molecular complexity index is 147. The highest BCUT2D eigenvalue weighted by Crippen LogP contribution is 2.27. The van der Waals surface area contributed by atoms with Gasteiger partial charge in [0.15, 0.2) is 0 Å². The lowest BCUT2D eigenvalue weighted by atomic mass is 9.93. The molecule has 1 saturated carbocycles. The molecule has 11 heavy (non-hydrogen) atoms. The van der Waals surface area contributed by atoms with Gasteiger partial charge < -0.3 is 5.11 Å². The summed E-state index contributed by atoms with van der Waals surface area (Å²) in [6.45, 7) is -0.0367. The molecule has 1 aliphatic rings. The zero-order chi connectivity index (χ0) is 8.27. The van der Waals surface area contributed by atoms with Crippen LogP contribution >= 0.6 is 22.9 Å². The molecule has 3 nitrogen and oxygen atoms in total. The molecule has 0 spiro atoms. The first-order chi connectivity index (χ1) is 5.25. The van der Waals surface area contributed by atoms with Crippen LogP contribution in [0.1, 0.15) is 25.7 Å². The molecule has 0 unspecified atom stereocenters. The Morgan fingerprint density at radius 1 is 1.64 bits per heavy atom. The minimum absolute atomic E-state index is 0.0367. The first kappa shape index (κ1) is 9.25. The normalized spacial score (nSPS) is 17.6. The van der Waals surface area contributed by atoms with Gasteiger partial charge >= 0.3 is 0 Å². The maximum Gasteiger partial charge on any atom is 0.233 e. The van der Waals surface area contributed by atoms with E-state index in [-0.39, 0.29) is 18.9 Å². The van der Waals surface area contributed by atoms with Gasteiger partial charge in [0.2, 0.25) is 5.91 Å². The van der Waals surface area contributed by atoms with Crippen molar-refractivity contribution in [3.8, 4) is 0 Å². The van der Waals surface area contributed by atoms with Crippen LogP contribution in [0.3, 0.4) is 0 Å². The minimum Gasteiger partial charge on any atom is -0.396 e. The smallest absolute Gasteiger partial charge is 0.233 e. The van der Waals surface area contributed by atoms with Crippen molar-refractivity contribution < 1.29 is 9.90 Å². The van der Waals surface area contributed by atoms with E-state index in [1.165, 1.54) is 6.42 Å². The number of carbonyl (C=O) groups excluding carboxylic acids is 1. The van der Waals surface area contributed by atoms with Crippen molar-refractivity contribution in [2.24, 2.45) is 0 Å². The standard InChI is InChI=1S/C7H12INO2/c8-9(6-2-1-3-6)7(11)4-5-10/h6,10H,1-5H2. The van der Waals surface area contributed by atoms with Gasteiger partial charge in [0.25, 0.3) is 0 Å². The molecular weight excluding hydrogens is 257 g/mol. The molecule has 1 rings (SSSR count). The molecule has 0 aliphatic heterocycles. The number of hydrogen-bond acceptors (Lipinski definition) is 2. The molecule has 1 fully saturated rings. The summed E-state index contributed by atoms with van der Waals surface area (Å²) in [5.74, 6) is 0.0535. The van der Waals surface area contributed by atoms with E-state index < -0.39 is 0 Å². The molecule has 64 valence electrons. The van der Waals surface area contributed by atoms with Crippen LogP contribution in [0.2, 0.25) is 0 Å². The van der Waals surface area contributed by atoms with Crippen molar-refractivity contribution in [1.82, 2.24) is 3.11 Å². The Morgan fingerprint density at radius 3 is 2.64 bits per heavy atom. The third-order valence-corrected chi connectivity index (χ3v) is 3.29. The van der Waals surface area contributed by atoms with Crippen molar-refractivity contribution in [3.63, 3.8) is 0 Å². The van der Waals surface area contributed by atoms with E-state index >= 15 is 0 Å². The predicted molar refractivity (Wildman–Crippen MR) is 50.2 cm³/mol. The predicted octanol–water partition coefficient (Wildman–Crippen LogP) is 1.10. The van der Waals surface area contributed by atoms with E-state index in [2.05, 4.69) is 0 Å². The lowest BCUT2D eigenvalue weighted by Gasteiger charge is -2.32. The number of halogens is 1. The van der Waals surface area contributed by atoms with E-state index in [0.29, 0.717) is 6.04 Å². The molecule has 0 saturated heterocycles. The van der Waals surface area contributed by atoms with Crippen LogP contribution in [0, 0.1) is 0 Å². The summed E-state index contributed by atoms with van der Waals surface area (Å²) in [5, 5.41) is 8.51. The lowest BCUT2D eigenvalue weighted by molar-refractivity contribution is -0.128. The number of amides is 1. The molecule has 1 N–H and O–H groups in total. The molecule has 4 heteroatoms. The Balaban J connectivity index is 2.27. The molecule has 1 amide bonds. The molecule has 0 aromatic rings. The second kappa shape index (κ2) is 4.25. The summed E-state index contributed by atoms with van der Waals surface area (Å²) in [4.78, 5) is 11.1. The van der Waals surface area contributed by atoms with Gasteiger partial charge in [-0.25, -0.2) is 0 Å². The van der Waals surface area contributed by atoms with Crippen molar-refractivity contribution in [1.29, 1.82) is 0 Å². The molecule has 0 aromatic carbocycles. The fourth-order valence-corrected chi connectivity index (χ4v) is 1.82. The lowest BCUT2D eigenvalue weighted by Crippen LogP contribution is -2.37. The Kier molecular flexibility index (Phi) is 3.58. The average molecular weight is 269 g/mol. The van der Waals surface area contributed by atoms with Gasteiger partial charge in [-0.05, 0) is 19.3 Å². The summed E-state index contributed by atoms with van der Waals surface area (Å²) in [5.41, 5.74) is 0. The van der Waals surface area contributed by atoms with Crippen LogP contribution in [-0.4, -0.2) is 26.8 Å². The van der Waals surface area contributed by atoms with Crippen molar-refractivity contribution >= 4 is 28.8 Å². The molecule has 0 heterocycles. The van der Waals surface area contributed by atoms with Gasteiger partial charge in [0.05, 0.1) is 35.9 Å². The van der Waals surface area contributed by atoms with Gasteiger partial charge in [0, 0.05) is 6.04 Å². The van der Waals surface area contributed by atoms with Crippen LogP contribution in [0.5, 0.6) is 0 Å². The van der Waals surface area contributed by atoms with Crippen LogP contribution in [0.15, 0.2) is 0 Å². The van der Waals surface area contributed by atoms with Crippen molar-refractivity contribution in [3.05, 3.63) is 0 Å². The third-order valence-electron chi connectivity index (χ3n) is 1.96. The van der Waals surface area contributed by atoms with Crippen LogP contribution < -0.4 is 0 Å². The first-order valence-corrected chi connectivity index (χ1v) is 4.81. The van der Waals surface area contributed by atoms with Crippen molar-refractivity contribution in [2.45, 2.75) is 31.7 Å². The van der Waals surface area contributed by atoms with Gasteiger partial charge in [-0.2, -0.15) is 0 Å². The summed E-state index contributed by atoms with van der Waals surface area (Å²) >= 11 is 2.04. The Labute approximate surface area is 80.3 Å².